The highest BCUT2D eigenvalue weighted by Gasteiger charge is 2.16. The summed E-state index contributed by atoms with van der Waals surface area (Å²) in [5.74, 6) is -1.65. The van der Waals surface area contributed by atoms with Crippen LogP contribution in [0, 0.1) is 0 Å². The summed E-state index contributed by atoms with van der Waals surface area (Å²) >= 11 is 0. The van der Waals surface area contributed by atoms with Crippen molar-refractivity contribution in [3.8, 4) is 0 Å². The fourth-order valence-corrected chi connectivity index (χ4v) is 1.40. The summed E-state index contributed by atoms with van der Waals surface area (Å²) in [6, 6.07) is 6.16. The number of aromatic nitrogens is 2. The molecule has 6 heteroatoms. The van der Waals surface area contributed by atoms with Crippen LogP contribution >= 0.6 is 0 Å². The lowest BCUT2D eigenvalue weighted by Crippen LogP contribution is -2.38. The standard InChI is InChI=1S/C12H11N3O3/c1-7(12(17)18)14-11(16)10-6-13-8-4-2-3-5-9(8)15-10/h2-7H,1H3,(H,14,16)(H,17,18)/t7-/m1/s1. The lowest BCUT2D eigenvalue weighted by Gasteiger charge is -2.08. The van der Waals surface area contributed by atoms with E-state index in [2.05, 4.69) is 15.3 Å². The highest BCUT2D eigenvalue weighted by molar-refractivity contribution is 5.95. The second-order valence-electron chi connectivity index (χ2n) is 3.78. The van der Waals surface area contributed by atoms with E-state index in [9.17, 15) is 9.59 Å². The molecule has 0 aliphatic rings. The minimum absolute atomic E-state index is 0.0989. The first-order chi connectivity index (χ1) is 8.58. The first kappa shape index (κ1) is 12.0. The van der Waals surface area contributed by atoms with E-state index in [1.807, 2.05) is 6.07 Å². The molecule has 2 rings (SSSR count). The largest absolute Gasteiger partial charge is 0.480 e. The Balaban J connectivity index is 2.25. The van der Waals surface area contributed by atoms with Crippen LogP contribution in [0.2, 0.25) is 0 Å². The fraction of sp³-hybridized carbons (Fsp3) is 0.167. The van der Waals surface area contributed by atoms with Gasteiger partial charge >= 0.3 is 5.97 Å². The normalized spacial score (nSPS) is 12.1. The van der Waals surface area contributed by atoms with Crippen molar-refractivity contribution in [2.24, 2.45) is 0 Å². The molecular formula is C12H11N3O3. The molecule has 6 nitrogen and oxygen atoms in total. The van der Waals surface area contributed by atoms with Gasteiger partial charge in [-0.05, 0) is 19.1 Å². The molecule has 0 unspecified atom stereocenters. The molecule has 2 aromatic rings. The number of carbonyl (C=O) groups is 2. The summed E-state index contributed by atoms with van der Waals surface area (Å²) in [5.41, 5.74) is 1.37. The number of carboxylic acid groups (broad SMARTS) is 1. The molecule has 0 bridgehead atoms. The third kappa shape index (κ3) is 2.42. The van der Waals surface area contributed by atoms with Gasteiger partial charge in [-0.3, -0.25) is 14.6 Å². The zero-order valence-electron chi connectivity index (χ0n) is 9.62. The van der Waals surface area contributed by atoms with Crippen molar-refractivity contribution in [2.75, 3.05) is 0 Å². The van der Waals surface area contributed by atoms with Crippen LogP contribution in [0.3, 0.4) is 0 Å². The summed E-state index contributed by atoms with van der Waals surface area (Å²) in [7, 11) is 0. The number of aliphatic carboxylic acids is 1. The summed E-state index contributed by atoms with van der Waals surface area (Å²) < 4.78 is 0. The van der Waals surface area contributed by atoms with Crippen LogP contribution in [0.1, 0.15) is 17.4 Å². The zero-order chi connectivity index (χ0) is 13.1. The van der Waals surface area contributed by atoms with Crippen LogP contribution in [0.4, 0.5) is 0 Å². The molecule has 0 radical (unpaired) electrons. The Morgan fingerprint density at radius 3 is 2.61 bits per heavy atom. The molecule has 0 saturated carbocycles. The number of nitrogens with zero attached hydrogens (tertiary/aromatic N) is 2. The molecule has 0 saturated heterocycles. The van der Waals surface area contributed by atoms with Gasteiger partial charge in [0.25, 0.3) is 5.91 Å². The third-order valence-electron chi connectivity index (χ3n) is 2.40. The molecule has 0 fully saturated rings. The predicted octanol–water partition coefficient (Wildman–Crippen LogP) is 0.833. The number of nitrogens with one attached hydrogen (secondary N) is 1. The highest BCUT2D eigenvalue weighted by Crippen LogP contribution is 2.08. The molecule has 1 aromatic carbocycles. The van der Waals surface area contributed by atoms with Gasteiger partial charge in [0.15, 0.2) is 0 Å². The number of benzene rings is 1. The number of hydrogen-bond acceptors (Lipinski definition) is 4. The van der Waals surface area contributed by atoms with E-state index in [0.717, 1.165) is 0 Å². The van der Waals surface area contributed by atoms with Gasteiger partial charge in [0, 0.05) is 0 Å². The first-order valence-corrected chi connectivity index (χ1v) is 5.33. The Morgan fingerprint density at radius 2 is 1.94 bits per heavy atom. The van der Waals surface area contributed by atoms with Gasteiger partial charge in [-0.25, -0.2) is 4.98 Å². The lowest BCUT2D eigenvalue weighted by molar-refractivity contribution is -0.138. The molecule has 1 atom stereocenters. The van der Waals surface area contributed by atoms with Gasteiger partial charge in [0.05, 0.1) is 17.2 Å². The Bertz CT molecular complexity index is 612. The van der Waals surface area contributed by atoms with Crippen LogP contribution in [-0.4, -0.2) is 33.0 Å². The first-order valence-electron chi connectivity index (χ1n) is 5.33. The minimum atomic E-state index is -1.10. The van der Waals surface area contributed by atoms with Crippen LogP contribution in [0.25, 0.3) is 11.0 Å². The molecular weight excluding hydrogens is 234 g/mol. The second kappa shape index (κ2) is 4.79. The molecule has 1 aromatic heterocycles. The van der Waals surface area contributed by atoms with Crippen molar-refractivity contribution in [3.63, 3.8) is 0 Å². The average Bonchev–Trinajstić information content (AvgIpc) is 2.37. The number of rotatable bonds is 3. The maximum atomic E-state index is 11.7. The van der Waals surface area contributed by atoms with Gasteiger partial charge in [-0.1, -0.05) is 12.1 Å². The second-order valence-corrected chi connectivity index (χ2v) is 3.78. The molecule has 1 heterocycles. The quantitative estimate of drug-likeness (QED) is 0.835. The number of carbonyl (C=O) groups excluding carboxylic acids is 1. The summed E-state index contributed by atoms with van der Waals surface area (Å²) in [6.45, 7) is 1.38. The molecule has 0 spiro atoms. The van der Waals surface area contributed by atoms with E-state index in [4.69, 9.17) is 5.11 Å². The fourth-order valence-electron chi connectivity index (χ4n) is 1.40. The monoisotopic (exact) mass is 245 g/mol. The van der Waals surface area contributed by atoms with Crippen molar-refractivity contribution in [1.82, 2.24) is 15.3 Å². The molecule has 18 heavy (non-hydrogen) atoms. The molecule has 2 N–H and O–H groups in total. The number of hydrogen-bond donors (Lipinski definition) is 2. The average molecular weight is 245 g/mol. The van der Waals surface area contributed by atoms with Crippen LogP contribution in [-0.2, 0) is 4.79 Å². The minimum Gasteiger partial charge on any atom is -0.480 e. The zero-order valence-corrected chi connectivity index (χ0v) is 9.62. The van der Waals surface area contributed by atoms with Crippen LogP contribution in [0.15, 0.2) is 30.5 Å². The third-order valence-corrected chi connectivity index (χ3v) is 2.40. The Labute approximate surface area is 103 Å². The molecule has 92 valence electrons. The number of amides is 1. The number of fused-ring (bicyclic) bond motifs is 1. The Hall–Kier alpha value is -2.50. The Kier molecular flexibility index (Phi) is 3.18. The van der Waals surface area contributed by atoms with E-state index in [0.29, 0.717) is 11.0 Å². The molecule has 0 aliphatic heterocycles. The van der Waals surface area contributed by atoms with Gasteiger partial charge in [-0.2, -0.15) is 0 Å². The van der Waals surface area contributed by atoms with Gasteiger partial charge in [-0.15, -0.1) is 0 Å². The molecule has 0 aliphatic carbocycles. The van der Waals surface area contributed by atoms with Crippen LogP contribution in [0.5, 0.6) is 0 Å². The SMILES string of the molecule is C[C@@H](NC(=O)c1cnc2ccccc2n1)C(=O)O. The summed E-state index contributed by atoms with van der Waals surface area (Å²) in [5, 5.41) is 11.0. The highest BCUT2D eigenvalue weighted by atomic mass is 16.4. The van der Waals surface area contributed by atoms with E-state index in [-0.39, 0.29) is 5.69 Å². The van der Waals surface area contributed by atoms with Crippen molar-refractivity contribution >= 4 is 22.9 Å². The molecule has 1 amide bonds. The predicted molar refractivity (Wildman–Crippen MR) is 64.1 cm³/mol. The number of para-hydroxylation sites is 2. The summed E-state index contributed by atoms with van der Waals surface area (Å²) in [4.78, 5) is 30.6. The number of carboxylic acids is 1. The van der Waals surface area contributed by atoms with Crippen molar-refractivity contribution in [2.45, 2.75) is 13.0 Å². The van der Waals surface area contributed by atoms with E-state index in [1.54, 1.807) is 18.2 Å². The Morgan fingerprint density at radius 1 is 1.28 bits per heavy atom. The van der Waals surface area contributed by atoms with Crippen LogP contribution < -0.4 is 5.32 Å². The maximum absolute atomic E-state index is 11.7. The lowest BCUT2D eigenvalue weighted by atomic mass is 10.3. The maximum Gasteiger partial charge on any atom is 0.325 e. The van der Waals surface area contributed by atoms with Gasteiger partial charge in [0.1, 0.15) is 11.7 Å². The van der Waals surface area contributed by atoms with Gasteiger partial charge in [0.2, 0.25) is 0 Å². The van der Waals surface area contributed by atoms with Crippen molar-refractivity contribution < 1.29 is 14.7 Å². The van der Waals surface area contributed by atoms with E-state index < -0.39 is 17.9 Å². The van der Waals surface area contributed by atoms with Crippen molar-refractivity contribution in [1.29, 1.82) is 0 Å². The topological polar surface area (TPSA) is 92.2 Å². The van der Waals surface area contributed by atoms with E-state index in [1.165, 1.54) is 13.1 Å². The summed E-state index contributed by atoms with van der Waals surface area (Å²) in [6.07, 6.45) is 1.33. The van der Waals surface area contributed by atoms with Gasteiger partial charge < -0.3 is 10.4 Å². The smallest absolute Gasteiger partial charge is 0.325 e. The van der Waals surface area contributed by atoms with Crippen molar-refractivity contribution in [3.05, 3.63) is 36.2 Å². The van der Waals surface area contributed by atoms with E-state index >= 15 is 0 Å².